The molecular weight excluding hydrogens is 478 g/mol. The maximum atomic E-state index is 12.8. The molecule has 0 unspecified atom stereocenters. The van der Waals surface area contributed by atoms with Crippen LogP contribution in [0.25, 0.3) is 5.69 Å². The Labute approximate surface area is 223 Å². The third-order valence-electron chi connectivity index (χ3n) is 7.15. The number of nitrogens with zero attached hydrogens (tertiary/aromatic N) is 3. The Hall–Kier alpha value is -3.97. The van der Waals surface area contributed by atoms with Crippen LogP contribution in [0.1, 0.15) is 46.7 Å². The highest BCUT2D eigenvalue weighted by Crippen LogP contribution is 2.43. The van der Waals surface area contributed by atoms with Crippen molar-refractivity contribution in [2.45, 2.75) is 39.3 Å². The van der Waals surface area contributed by atoms with Crippen LogP contribution in [-0.4, -0.2) is 32.0 Å². The van der Waals surface area contributed by atoms with Crippen LogP contribution in [0, 0.1) is 20.8 Å². The number of hydrogen-bond acceptors (Lipinski definition) is 3. The predicted molar refractivity (Wildman–Crippen MR) is 152 cm³/mol. The highest BCUT2D eigenvalue weighted by molar-refractivity contribution is 7.80. The summed E-state index contributed by atoms with van der Waals surface area (Å²) in [6, 6.07) is 25.7. The minimum absolute atomic E-state index is 0.0412. The Morgan fingerprint density at radius 1 is 0.946 bits per heavy atom. The van der Waals surface area contributed by atoms with Crippen molar-refractivity contribution in [1.82, 2.24) is 19.8 Å². The van der Waals surface area contributed by atoms with Crippen LogP contribution in [0.15, 0.2) is 85.1 Å². The number of anilines is 1. The summed E-state index contributed by atoms with van der Waals surface area (Å²) in [5.41, 5.74) is 7.64. The molecule has 0 radical (unpaired) electrons. The number of hydrogen-bond donors (Lipinski definition) is 2. The Balaban J connectivity index is 1.51. The van der Waals surface area contributed by atoms with E-state index in [0.717, 1.165) is 22.8 Å². The fourth-order valence-corrected chi connectivity index (χ4v) is 5.66. The predicted octanol–water partition coefficient (Wildman–Crippen LogP) is 5.80. The molecule has 1 aliphatic heterocycles. The smallest absolute Gasteiger partial charge is 0.226 e. The van der Waals surface area contributed by atoms with Crippen LogP contribution < -0.4 is 10.6 Å². The Morgan fingerprint density at radius 2 is 1.62 bits per heavy atom. The molecule has 0 bridgehead atoms. The van der Waals surface area contributed by atoms with E-state index in [2.05, 4.69) is 70.1 Å². The molecule has 37 heavy (non-hydrogen) atoms. The van der Waals surface area contributed by atoms with Crippen LogP contribution >= 0.6 is 12.2 Å². The molecule has 5 rings (SSSR count). The first-order valence-corrected chi connectivity index (χ1v) is 12.9. The van der Waals surface area contributed by atoms with E-state index in [4.69, 9.17) is 12.2 Å². The highest BCUT2D eigenvalue weighted by Gasteiger charge is 2.42. The lowest BCUT2D eigenvalue weighted by molar-refractivity contribution is -0.116. The number of carbonyl (C=O) groups is 1. The standard InChI is InChI=1S/C30H31N5OS/c1-20-21(2)35(24-14-8-5-9-15-24)22(3)27(20)29-28(25-16-10-11-18-31-25)33-30(37)34(29)19-17-26(36)32-23-12-6-4-7-13-23/h4-16,18,28-29H,17,19H2,1-3H3,(H,32,36)(H,33,37)/t28-,29+/m0/s1. The van der Waals surface area contributed by atoms with E-state index in [9.17, 15) is 4.79 Å². The van der Waals surface area contributed by atoms with Gasteiger partial charge in [-0.1, -0.05) is 42.5 Å². The Bertz CT molecular complexity index is 1400. The average molecular weight is 510 g/mol. The largest absolute Gasteiger partial charge is 0.352 e. The van der Waals surface area contributed by atoms with Gasteiger partial charge in [-0.15, -0.1) is 0 Å². The van der Waals surface area contributed by atoms with Gasteiger partial charge in [-0.25, -0.2) is 0 Å². The van der Waals surface area contributed by atoms with Gasteiger partial charge in [0.25, 0.3) is 0 Å². The lowest BCUT2D eigenvalue weighted by atomic mass is 9.93. The maximum absolute atomic E-state index is 12.8. The second-order valence-corrected chi connectivity index (χ2v) is 9.75. The van der Waals surface area contributed by atoms with Gasteiger partial charge in [0.05, 0.1) is 17.8 Å². The summed E-state index contributed by atoms with van der Waals surface area (Å²) in [5.74, 6) is -0.0412. The van der Waals surface area contributed by atoms with Crippen LogP contribution in [0.3, 0.4) is 0 Å². The first-order valence-electron chi connectivity index (χ1n) is 12.5. The Morgan fingerprint density at radius 3 is 2.30 bits per heavy atom. The first-order chi connectivity index (χ1) is 18.0. The third-order valence-corrected chi connectivity index (χ3v) is 7.50. The zero-order chi connectivity index (χ0) is 25.9. The van der Waals surface area contributed by atoms with Crippen molar-refractivity contribution in [2.24, 2.45) is 0 Å². The van der Waals surface area contributed by atoms with E-state index in [1.807, 2.05) is 60.8 Å². The van der Waals surface area contributed by atoms with Gasteiger partial charge >= 0.3 is 0 Å². The summed E-state index contributed by atoms with van der Waals surface area (Å²) in [6.07, 6.45) is 2.13. The molecule has 1 fully saturated rings. The van der Waals surface area contributed by atoms with Crippen molar-refractivity contribution in [2.75, 3.05) is 11.9 Å². The molecule has 3 heterocycles. The molecule has 6 nitrogen and oxygen atoms in total. The first kappa shape index (κ1) is 24.7. The average Bonchev–Trinajstić information content (AvgIpc) is 3.35. The molecule has 0 spiro atoms. The summed E-state index contributed by atoms with van der Waals surface area (Å²) in [6.45, 7) is 6.99. The lowest BCUT2D eigenvalue weighted by Gasteiger charge is -2.29. The number of amides is 1. The van der Waals surface area contributed by atoms with Crippen LogP contribution in [-0.2, 0) is 4.79 Å². The number of carbonyl (C=O) groups excluding carboxylic acids is 1. The van der Waals surface area contributed by atoms with E-state index < -0.39 is 0 Å². The van der Waals surface area contributed by atoms with E-state index in [0.29, 0.717) is 18.1 Å². The summed E-state index contributed by atoms with van der Waals surface area (Å²) >= 11 is 5.84. The molecule has 1 amide bonds. The fourth-order valence-electron chi connectivity index (χ4n) is 5.33. The van der Waals surface area contributed by atoms with Crippen molar-refractivity contribution in [1.29, 1.82) is 0 Å². The van der Waals surface area contributed by atoms with Gasteiger partial charge in [0.2, 0.25) is 5.91 Å². The fraction of sp³-hybridized carbons (Fsp3) is 0.233. The molecule has 0 aliphatic carbocycles. The summed E-state index contributed by atoms with van der Waals surface area (Å²) in [4.78, 5) is 19.7. The second kappa shape index (κ2) is 10.6. The lowest BCUT2D eigenvalue weighted by Crippen LogP contribution is -2.33. The van der Waals surface area contributed by atoms with Gasteiger partial charge in [0, 0.05) is 47.5 Å². The monoisotopic (exact) mass is 509 g/mol. The summed E-state index contributed by atoms with van der Waals surface area (Å²) in [7, 11) is 0. The number of thiocarbonyl (C=S) groups is 1. The third kappa shape index (κ3) is 4.87. The van der Waals surface area contributed by atoms with E-state index in [1.54, 1.807) is 0 Å². The van der Waals surface area contributed by atoms with Crippen LogP contribution in [0.4, 0.5) is 5.69 Å². The van der Waals surface area contributed by atoms with Crippen LogP contribution in [0.2, 0.25) is 0 Å². The Kier molecular flexibility index (Phi) is 7.06. The van der Waals surface area contributed by atoms with Crippen molar-refractivity contribution in [3.05, 3.63) is 113 Å². The zero-order valence-electron chi connectivity index (χ0n) is 21.3. The van der Waals surface area contributed by atoms with Crippen molar-refractivity contribution < 1.29 is 4.79 Å². The zero-order valence-corrected chi connectivity index (χ0v) is 22.1. The molecule has 2 N–H and O–H groups in total. The van der Waals surface area contributed by atoms with Gasteiger partial charge in [-0.3, -0.25) is 9.78 Å². The molecule has 2 atom stereocenters. The van der Waals surface area contributed by atoms with Gasteiger partial charge in [0.15, 0.2) is 5.11 Å². The number of pyridine rings is 1. The minimum atomic E-state index is -0.130. The SMILES string of the molecule is Cc1c([C@@H]2[C@H](c3ccccn3)NC(=S)N2CCC(=O)Nc2ccccc2)c(C)n(-c2ccccc2)c1C. The number of para-hydroxylation sites is 2. The molecule has 0 saturated carbocycles. The van der Waals surface area contributed by atoms with Crippen LogP contribution in [0.5, 0.6) is 0 Å². The van der Waals surface area contributed by atoms with Gasteiger partial charge in [0.1, 0.15) is 0 Å². The van der Waals surface area contributed by atoms with Gasteiger partial charge in [-0.2, -0.15) is 0 Å². The van der Waals surface area contributed by atoms with E-state index in [-0.39, 0.29) is 18.0 Å². The molecule has 4 aromatic rings. The number of benzene rings is 2. The quantitative estimate of drug-likeness (QED) is 0.309. The number of rotatable bonds is 7. The molecular formula is C30H31N5OS. The summed E-state index contributed by atoms with van der Waals surface area (Å²) in [5, 5.41) is 7.15. The summed E-state index contributed by atoms with van der Waals surface area (Å²) < 4.78 is 2.31. The van der Waals surface area contributed by atoms with Gasteiger partial charge in [-0.05, 0) is 75.0 Å². The molecule has 7 heteroatoms. The molecule has 2 aromatic carbocycles. The topological polar surface area (TPSA) is 62.2 Å². The minimum Gasteiger partial charge on any atom is -0.352 e. The van der Waals surface area contributed by atoms with Gasteiger partial charge < -0.3 is 20.1 Å². The number of nitrogens with one attached hydrogen (secondary N) is 2. The van der Waals surface area contributed by atoms with E-state index >= 15 is 0 Å². The highest BCUT2D eigenvalue weighted by atomic mass is 32.1. The number of aromatic nitrogens is 2. The van der Waals surface area contributed by atoms with Crippen molar-refractivity contribution >= 4 is 28.9 Å². The molecule has 2 aromatic heterocycles. The molecule has 1 aliphatic rings. The second-order valence-electron chi connectivity index (χ2n) is 9.36. The normalized spacial score (nSPS) is 17.1. The van der Waals surface area contributed by atoms with Crippen molar-refractivity contribution in [3.63, 3.8) is 0 Å². The molecule has 188 valence electrons. The van der Waals surface area contributed by atoms with E-state index in [1.165, 1.54) is 16.8 Å². The van der Waals surface area contributed by atoms with Crippen molar-refractivity contribution in [3.8, 4) is 5.69 Å². The maximum Gasteiger partial charge on any atom is 0.226 e. The molecule has 1 saturated heterocycles.